The van der Waals surface area contributed by atoms with Gasteiger partial charge in [-0.15, -0.1) is 0 Å². The van der Waals surface area contributed by atoms with Crippen LogP contribution in [0.3, 0.4) is 0 Å². The topological polar surface area (TPSA) is 37.8 Å². The maximum atomic E-state index is 4.71. The number of halogens is 1. The molecule has 1 heterocycles. The lowest BCUT2D eigenvalue weighted by molar-refractivity contribution is 0.659. The molecule has 1 N–H and O–H groups in total. The molecule has 1 atom stereocenters. The minimum Gasteiger partial charge on any atom is -0.319 e. The van der Waals surface area contributed by atoms with Gasteiger partial charge in [-0.2, -0.15) is 0 Å². The summed E-state index contributed by atoms with van der Waals surface area (Å²) < 4.78 is 1.09. The van der Waals surface area contributed by atoms with Gasteiger partial charge in [0.25, 0.3) is 0 Å². The zero-order valence-electron chi connectivity index (χ0n) is 13.1. The van der Waals surface area contributed by atoms with E-state index >= 15 is 0 Å². The van der Waals surface area contributed by atoms with Crippen LogP contribution in [0.4, 0.5) is 0 Å². The molecule has 1 unspecified atom stereocenters. The molecule has 0 aliphatic rings. The summed E-state index contributed by atoms with van der Waals surface area (Å²) in [5.41, 5.74) is 4.67. The summed E-state index contributed by atoms with van der Waals surface area (Å²) in [7, 11) is 1.98. The molecular weight excluding hydrogens is 326 g/mol. The molecule has 0 bridgehead atoms. The zero-order chi connectivity index (χ0) is 15.4. The van der Waals surface area contributed by atoms with Crippen LogP contribution in [0.25, 0.3) is 0 Å². The first-order valence-electron chi connectivity index (χ1n) is 7.24. The second kappa shape index (κ2) is 7.14. The Morgan fingerprint density at radius 3 is 2.43 bits per heavy atom. The van der Waals surface area contributed by atoms with Crippen molar-refractivity contribution in [2.45, 2.75) is 33.1 Å². The van der Waals surface area contributed by atoms with Crippen molar-refractivity contribution in [3.8, 4) is 0 Å². The first kappa shape index (κ1) is 16.1. The molecular formula is C17H22BrN3. The van der Waals surface area contributed by atoms with Crippen molar-refractivity contribution in [2.24, 2.45) is 0 Å². The highest BCUT2D eigenvalue weighted by Crippen LogP contribution is 2.22. The summed E-state index contributed by atoms with van der Waals surface area (Å²) in [6, 6.07) is 8.30. The summed E-state index contributed by atoms with van der Waals surface area (Å²) in [5.74, 6) is 1.32. The standard InChI is InChI=1S/C17H22BrN3/c1-11(10-19-4)17-12(2)20-16(21-13(17)3)9-14-6-5-7-15(18)8-14/h5-8,11,19H,9-10H2,1-4H3. The van der Waals surface area contributed by atoms with Gasteiger partial charge >= 0.3 is 0 Å². The van der Waals surface area contributed by atoms with Gasteiger partial charge in [0.2, 0.25) is 0 Å². The van der Waals surface area contributed by atoms with Gasteiger partial charge in [-0.1, -0.05) is 35.0 Å². The van der Waals surface area contributed by atoms with Gasteiger partial charge in [0.15, 0.2) is 0 Å². The van der Waals surface area contributed by atoms with E-state index in [1.54, 1.807) is 0 Å². The second-order valence-corrected chi connectivity index (χ2v) is 6.41. The molecule has 112 valence electrons. The first-order chi connectivity index (χ1) is 10.0. The van der Waals surface area contributed by atoms with Crippen molar-refractivity contribution in [3.63, 3.8) is 0 Å². The molecule has 0 aliphatic carbocycles. The predicted molar refractivity (Wildman–Crippen MR) is 90.8 cm³/mol. The molecule has 0 fully saturated rings. The molecule has 0 radical (unpaired) electrons. The van der Waals surface area contributed by atoms with Gasteiger partial charge in [0, 0.05) is 28.8 Å². The molecule has 21 heavy (non-hydrogen) atoms. The molecule has 1 aromatic heterocycles. The number of benzene rings is 1. The van der Waals surface area contributed by atoms with E-state index in [0.717, 1.165) is 34.7 Å². The molecule has 0 saturated heterocycles. The van der Waals surface area contributed by atoms with E-state index in [-0.39, 0.29) is 0 Å². The van der Waals surface area contributed by atoms with E-state index in [2.05, 4.69) is 54.2 Å². The fourth-order valence-electron chi connectivity index (χ4n) is 2.82. The number of nitrogens with one attached hydrogen (secondary N) is 1. The summed E-state index contributed by atoms with van der Waals surface area (Å²) in [6.07, 6.45) is 0.766. The second-order valence-electron chi connectivity index (χ2n) is 5.49. The van der Waals surface area contributed by atoms with E-state index in [1.807, 2.05) is 19.2 Å². The van der Waals surface area contributed by atoms with Crippen LogP contribution in [0.5, 0.6) is 0 Å². The summed E-state index contributed by atoms with van der Waals surface area (Å²) in [5, 5.41) is 3.22. The lowest BCUT2D eigenvalue weighted by Crippen LogP contribution is -2.18. The van der Waals surface area contributed by atoms with Gasteiger partial charge < -0.3 is 5.32 Å². The third-order valence-electron chi connectivity index (χ3n) is 3.63. The Hall–Kier alpha value is -1.26. The third kappa shape index (κ3) is 4.11. The molecule has 2 aromatic rings. The minimum absolute atomic E-state index is 0.426. The molecule has 2 rings (SSSR count). The fraction of sp³-hybridized carbons (Fsp3) is 0.412. The largest absolute Gasteiger partial charge is 0.319 e. The van der Waals surface area contributed by atoms with Crippen molar-refractivity contribution in [1.82, 2.24) is 15.3 Å². The van der Waals surface area contributed by atoms with E-state index in [1.165, 1.54) is 11.1 Å². The average molecular weight is 348 g/mol. The molecule has 1 aromatic carbocycles. The number of aromatic nitrogens is 2. The summed E-state index contributed by atoms with van der Waals surface area (Å²) in [6.45, 7) is 7.32. The van der Waals surface area contributed by atoms with Crippen molar-refractivity contribution in [2.75, 3.05) is 13.6 Å². The quantitative estimate of drug-likeness (QED) is 0.894. The SMILES string of the molecule is CNCC(C)c1c(C)nc(Cc2cccc(Br)c2)nc1C. The molecule has 4 heteroatoms. The van der Waals surface area contributed by atoms with E-state index in [4.69, 9.17) is 9.97 Å². The van der Waals surface area contributed by atoms with E-state index in [9.17, 15) is 0 Å². The van der Waals surface area contributed by atoms with E-state index in [0.29, 0.717) is 5.92 Å². The number of nitrogens with zero attached hydrogens (tertiary/aromatic N) is 2. The van der Waals surface area contributed by atoms with Crippen LogP contribution < -0.4 is 5.32 Å². The number of aryl methyl sites for hydroxylation is 2. The van der Waals surface area contributed by atoms with Crippen molar-refractivity contribution in [1.29, 1.82) is 0 Å². The maximum absolute atomic E-state index is 4.71. The average Bonchev–Trinajstić information content (AvgIpc) is 2.38. The zero-order valence-corrected chi connectivity index (χ0v) is 14.7. The molecule has 0 aliphatic heterocycles. The van der Waals surface area contributed by atoms with Gasteiger partial charge in [-0.05, 0) is 50.1 Å². The molecule has 0 amide bonds. The highest BCUT2D eigenvalue weighted by Gasteiger charge is 2.14. The monoisotopic (exact) mass is 347 g/mol. The van der Waals surface area contributed by atoms with Crippen LogP contribution in [-0.4, -0.2) is 23.6 Å². The Morgan fingerprint density at radius 2 is 1.86 bits per heavy atom. The predicted octanol–water partition coefficient (Wildman–Crippen LogP) is 3.77. The number of likely N-dealkylation sites (N-methyl/N-ethyl adjacent to an activating group) is 1. The van der Waals surface area contributed by atoms with Crippen LogP contribution in [0.2, 0.25) is 0 Å². The Balaban J connectivity index is 2.27. The number of hydrogen-bond acceptors (Lipinski definition) is 3. The maximum Gasteiger partial charge on any atom is 0.133 e. The number of rotatable bonds is 5. The third-order valence-corrected chi connectivity index (χ3v) is 4.12. The van der Waals surface area contributed by atoms with Crippen molar-refractivity contribution >= 4 is 15.9 Å². The Bertz CT molecular complexity index is 602. The summed E-state index contributed by atoms with van der Waals surface area (Å²) in [4.78, 5) is 9.42. The van der Waals surface area contributed by atoms with Crippen LogP contribution in [0.15, 0.2) is 28.7 Å². The van der Waals surface area contributed by atoms with Crippen molar-refractivity contribution < 1.29 is 0 Å². The lowest BCUT2D eigenvalue weighted by atomic mass is 9.98. The van der Waals surface area contributed by atoms with Crippen LogP contribution >= 0.6 is 15.9 Å². The molecule has 3 nitrogen and oxygen atoms in total. The minimum atomic E-state index is 0.426. The Labute approximate surface area is 135 Å². The fourth-order valence-corrected chi connectivity index (χ4v) is 3.27. The molecule has 0 spiro atoms. The lowest BCUT2D eigenvalue weighted by Gasteiger charge is -2.17. The van der Waals surface area contributed by atoms with Gasteiger partial charge in [0.1, 0.15) is 5.82 Å². The van der Waals surface area contributed by atoms with Crippen LogP contribution in [-0.2, 0) is 6.42 Å². The highest BCUT2D eigenvalue weighted by atomic mass is 79.9. The first-order valence-corrected chi connectivity index (χ1v) is 8.03. The van der Waals surface area contributed by atoms with Gasteiger partial charge in [-0.3, -0.25) is 0 Å². The smallest absolute Gasteiger partial charge is 0.133 e. The normalized spacial score (nSPS) is 12.4. The molecule has 0 saturated carbocycles. The summed E-state index contributed by atoms with van der Waals surface area (Å²) >= 11 is 3.50. The van der Waals surface area contributed by atoms with Crippen molar-refractivity contribution in [3.05, 3.63) is 57.1 Å². The highest BCUT2D eigenvalue weighted by molar-refractivity contribution is 9.10. The van der Waals surface area contributed by atoms with Gasteiger partial charge in [0.05, 0.1) is 0 Å². The Kier molecular flexibility index (Phi) is 5.48. The Morgan fingerprint density at radius 1 is 1.19 bits per heavy atom. The van der Waals surface area contributed by atoms with E-state index < -0.39 is 0 Å². The van der Waals surface area contributed by atoms with Gasteiger partial charge in [-0.25, -0.2) is 9.97 Å². The number of hydrogen-bond donors (Lipinski definition) is 1. The van der Waals surface area contributed by atoms with Crippen LogP contribution in [0, 0.1) is 13.8 Å². The van der Waals surface area contributed by atoms with Crippen LogP contribution in [0.1, 0.15) is 41.2 Å².